The maximum atomic E-state index is 13.4. The molecule has 14 heteroatoms. The van der Waals surface area contributed by atoms with E-state index in [1.807, 2.05) is 6.07 Å². The number of ketones is 1. The Morgan fingerprint density at radius 2 is 1.98 bits per heavy atom. The fourth-order valence-corrected chi connectivity index (χ4v) is 6.04. The van der Waals surface area contributed by atoms with Gasteiger partial charge in [-0.3, -0.25) is 24.2 Å². The Morgan fingerprint density at radius 1 is 1.18 bits per heavy atom. The number of aromatic nitrogens is 1. The Balaban J connectivity index is 1.36. The van der Waals surface area contributed by atoms with E-state index in [0.29, 0.717) is 55.2 Å². The first-order chi connectivity index (χ1) is 19.2. The van der Waals surface area contributed by atoms with Crippen LogP contribution < -0.4 is 16.8 Å². The number of guanidine groups is 1. The van der Waals surface area contributed by atoms with Crippen LogP contribution in [0.1, 0.15) is 47.5 Å². The maximum absolute atomic E-state index is 13.4. The van der Waals surface area contributed by atoms with Crippen LogP contribution in [0.2, 0.25) is 10.0 Å². The number of hydrogen-bond donors (Lipinski definition) is 3. The van der Waals surface area contributed by atoms with Gasteiger partial charge in [0.15, 0.2) is 11.0 Å². The first-order valence-corrected chi connectivity index (χ1v) is 14.6. The number of hydrogen-bond acceptors (Lipinski definition) is 7. The van der Waals surface area contributed by atoms with E-state index in [-0.39, 0.29) is 41.5 Å². The monoisotopic (exact) mass is 607 g/mol. The van der Waals surface area contributed by atoms with Crippen molar-refractivity contribution in [3.63, 3.8) is 0 Å². The third-order valence-electron chi connectivity index (χ3n) is 7.00. The minimum Gasteiger partial charge on any atom is -0.370 e. The number of benzene rings is 1. The smallest absolute Gasteiger partial charge is 0.245 e. The van der Waals surface area contributed by atoms with Crippen LogP contribution in [0.15, 0.2) is 34.8 Å². The molecule has 1 aromatic carbocycles. The second kappa shape index (κ2) is 13.4. The first kappa shape index (κ1) is 29.8. The van der Waals surface area contributed by atoms with Crippen LogP contribution >= 0.6 is 34.5 Å². The van der Waals surface area contributed by atoms with Gasteiger partial charge in [-0.1, -0.05) is 29.3 Å². The standard InChI is InChI=1S/C26H31Cl2N7O4S/c27-16-6-5-15(13-17(16)28)3-2-11-34-14-21(36)35-19(7-8-20(35)25(34)39)23(38)33-18(4-1-9-32-26(29)30)22(37)24-31-10-12-40-24/h5-6,10,12-13,18-20H,1-4,7-9,11,14H2,(H,33,38)(H4,29,30,32)/t18-,19-,20-/m0/s1. The molecule has 11 nitrogen and oxygen atoms in total. The Labute approximate surface area is 245 Å². The van der Waals surface area contributed by atoms with Gasteiger partial charge < -0.3 is 26.6 Å². The SMILES string of the molecule is NC(N)=NCCC[C@H](NC(=O)[C@@H]1CC[C@H]2C(=O)N(CCCc3ccc(Cl)c(Cl)c3)CC(=O)N12)C(=O)c1nccs1. The molecule has 0 spiro atoms. The van der Waals surface area contributed by atoms with Crippen molar-refractivity contribution in [2.24, 2.45) is 16.5 Å². The van der Waals surface area contributed by atoms with Crippen molar-refractivity contribution in [3.8, 4) is 0 Å². The van der Waals surface area contributed by atoms with E-state index in [1.165, 1.54) is 22.4 Å². The lowest BCUT2D eigenvalue weighted by atomic mass is 10.1. The summed E-state index contributed by atoms with van der Waals surface area (Å²) < 4.78 is 0. The molecule has 0 unspecified atom stereocenters. The molecule has 0 aliphatic carbocycles. The highest BCUT2D eigenvalue weighted by Gasteiger charge is 2.49. The molecule has 4 rings (SSSR count). The summed E-state index contributed by atoms with van der Waals surface area (Å²) in [4.78, 5) is 63.7. The average molecular weight is 609 g/mol. The van der Waals surface area contributed by atoms with Gasteiger partial charge in [-0.05, 0) is 56.2 Å². The number of carbonyl (C=O) groups excluding carboxylic acids is 4. The predicted octanol–water partition coefficient (Wildman–Crippen LogP) is 2.01. The van der Waals surface area contributed by atoms with Crippen LogP contribution in [0.5, 0.6) is 0 Å². The van der Waals surface area contributed by atoms with Gasteiger partial charge in [0.1, 0.15) is 12.1 Å². The number of nitrogens with two attached hydrogens (primary N) is 2. The molecule has 40 heavy (non-hydrogen) atoms. The Hall–Kier alpha value is -3.22. The second-order valence-electron chi connectivity index (χ2n) is 9.73. The summed E-state index contributed by atoms with van der Waals surface area (Å²) in [7, 11) is 0. The lowest BCUT2D eigenvalue weighted by molar-refractivity contribution is -0.157. The number of thiazole rings is 1. The lowest BCUT2D eigenvalue weighted by Gasteiger charge is -2.38. The first-order valence-electron chi connectivity index (χ1n) is 13.0. The summed E-state index contributed by atoms with van der Waals surface area (Å²) >= 11 is 13.2. The van der Waals surface area contributed by atoms with Crippen molar-refractivity contribution in [3.05, 3.63) is 50.4 Å². The molecule has 3 heterocycles. The van der Waals surface area contributed by atoms with Gasteiger partial charge in [0.05, 0.1) is 22.6 Å². The zero-order chi connectivity index (χ0) is 28.8. The molecule has 2 saturated heterocycles. The van der Waals surface area contributed by atoms with E-state index in [1.54, 1.807) is 22.4 Å². The number of rotatable bonds is 12. The summed E-state index contributed by atoms with van der Waals surface area (Å²) in [6.07, 6.45) is 4.28. The van der Waals surface area contributed by atoms with Gasteiger partial charge in [-0.2, -0.15) is 0 Å². The van der Waals surface area contributed by atoms with E-state index in [4.69, 9.17) is 34.7 Å². The zero-order valence-corrected chi connectivity index (χ0v) is 24.1. The molecule has 3 amide bonds. The number of carbonyl (C=O) groups is 4. The van der Waals surface area contributed by atoms with Crippen LogP contribution in [-0.4, -0.2) is 82.0 Å². The number of aryl methyl sites for hydroxylation is 1. The van der Waals surface area contributed by atoms with Crippen molar-refractivity contribution < 1.29 is 19.2 Å². The van der Waals surface area contributed by atoms with Gasteiger partial charge in [0.2, 0.25) is 23.5 Å². The molecule has 2 fully saturated rings. The number of nitrogens with zero attached hydrogens (tertiary/aromatic N) is 4. The highest BCUT2D eigenvalue weighted by molar-refractivity contribution is 7.11. The molecular formula is C26H31Cl2N7O4S. The van der Waals surface area contributed by atoms with Gasteiger partial charge in [-0.15, -0.1) is 11.3 Å². The van der Waals surface area contributed by atoms with E-state index in [0.717, 1.165) is 5.56 Å². The Kier molecular flexibility index (Phi) is 9.99. The number of aliphatic imine (C=N–C) groups is 1. The fraction of sp³-hybridized carbons (Fsp3) is 0.462. The van der Waals surface area contributed by atoms with Crippen molar-refractivity contribution in [2.45, 2.75) is 56.7 Å². The number of halogens is 2. The molecule has 2 aliphatic heterocycles. The highest BCUT2D eigenvalue weighted by Crippen LogP contribution is 2.30. The minimum absolute atomic E-state index is 0.0551. The molecule has 3 atom stereocenters. The van der Waals surface area contributed by atoms with Crippen LogP contribution in [-0.2, 0) is 20.8 Å². The molecule has 1 aromatic heterocycles. The molecule has 0 radical (unpaired) electrons. The topological polar surface area (TPSA) is 164 Å². The summed E-state index contributed by atoms with van der Waals surface area (Å²) in [5.41, 5.74) is 11.7. The molecular weight excluding hydrogens is 577 g/mol. The van der Waals surface area contributed by atoms with Crippen LogP contribution in [0.25, 0.3) is 0 Å². The number of nitrogens with one attached hydrogen (secondary N) is 1. The van der Waals surface area contributed by atoms with E-state index >= 15 is 0 Å². The molecule has 214 valence electrons. The van der Waals surface area contributed by atoms with Crippen molar-refractivity contribution in [1.29, 1.82) is 0 Å². The molecule has 2 aliphatic rings. The van der Waals surface area contributed by atoms with Gasteiger partial charge in [-0.25, -0.2) is 4.98 Å². The Morgan fingerprint density at radius 3 is 2.67 bits per heavy atom. The third-order valence-corrected chi connectivity index (χ3v) is 8.52. The summed E-state index contributed by atoms with van der Waals surface area (Å²) in [6, 6.07) is 3.02. The number of fused-ring (bicyclic) bond motifs is 1. The van der Waals surface area contributed by atoms with Gasteiger partial charge >= 0.3 is 0 Å². The van der Waals surface area contributed by atoms with Crippen LogP contribution in [0.3, 0.4) is 0 Å². The van der Waals surface area contributed by atoms with E-state index in [9.17, 15) is 19.2 Å². The third kappa shape index (κ3) is 7.10. The molecule has 2 aromatic rings. The fourth-order valence-electron chi connectivity index (χ4n) is 5.09. The van der Waals surface area contributed by atoms with Crippen LogP contribution in [0.4, 0.5) is 0 Å². The lowest BCUT2D eigenvalue weighted by Crippen LogP contribution is -2.62. The maximum Gasteiger partial charge on any atom is 0.245 e. The zero-order valence-electron chi connectivity index (χ0n) is 21.7. The molecule has 0 saturated carbocycles. The predicted molar refractivity (Wildman–Crippen MR) is 153 cm³/mol. The molecule has 5 N–H and O–H groups in total. The number of piperazine rings is 1. The molecule has 0 bridgehead atoms. The van der Waals surface area contributed by atoms with Crippen LogP contribution in [0, 0.1) is 0 Å². The summed E-state index contributed by atoms with van der Waals surface area (Å²) in [5, 5.41) is 5.71. The minimum atomic E-state index is -0.861. The number of Topliss-reactive ketones (excluding diaryl/α,β-unsaturated/α-hetero) is 1. The highest BCUT2D eigenvalue weighted by atomic mass is 35.5. The van der Waals surface area contributed by atoms with Gasteiger partial charge in [0.25, 0.3) is 0 Å². The van der Waals surface area contributed by atoms with Crippen molar-refractivity contribution in [2.75, 3.05) is 19.6 Å². The van der Waals surface area contributed by atoms with Crippen molar-refractivity contribution >= 4 is 64.0 Å². The van der Waals surface area contributed by atoms with E-state index in [2.05, 4.69) is 15.3 Å². The van der Waals surface area contributed by atoms with Crippen molar-refractivity contribution in [1.82, 2.24) is 20.1 Å². The number of amides is 3. The van der Waals surface area contributed by atoms with Gasteiger partial charge in [0, 0.05) is 24.7 Å². The van der Waals surface area contributed by atoms with E-state index < -0.39 is 24.0 Å². The quantitative estimate of drug-likeness (QED) is 0.144. The second-order valence-corrected chi connectivity index (χ2v) is 11.4. The Bertz CT molecular complexity index is 1290. The largest absolute Gasteiger partial charge is 0.370 e. The average Bonchev–Trinajstić information content (AvgIpc) is 3.61. The normalized spacial score (nSPS) is 19.4. The summed E-state index contributed by atoms with van der Waals surface area (Å²) in [6.45, 7) is 0.609. The summed E-state index contributed by atoms with van der Waals surface area (Å²) in [5.74, 6) is -1.30.